The molecule has 0 aromatic carbocycles. The number of carbonyl (C=O) groups is 2. The van der Waals surface area contributed by atoms with Crippen LogP contribution < -0.4 is 0 Å². The number of ether oxygens (including phenoxy) is 2. The standard InChI is InChI=1S/C9H12F2O7S/c10-9(11,19-18-17-14)8(13)15-5-7(12)16-6-3-1-2-4-6/h6,14H,1-5H2. The monoisotopic (exact) mass is 302 g/mol. The third kappa shape index (κ3) is 5.68. The second kappa shape index (κ2) is 7.58. The Hall–Kier alpha value is -0.970. The molecule has 1 rings (SSSR count). The molecule has 0 spiro atoms. The van der Waals surface area contributed by atoms with Gasteiger partial charge in [-0.15, -0.1) is 4.33 Å². The van der Waals surface area contributed by atoms with E-state index in [1.54, 1.807) is 0 Å². The van der Waals surface area contributed by atoms with Crippen LogP contribution in [0.4, 0.5) is 8.78 Å². The molecule has 1 aliphatic carbocycles. The molecule has 0 aromatic rings. The maximum absolute atomic E-state index is 12.9. The van der Waals surface area contributed by atoms with Crippen molar-refractivity contribution in [1.82, 2.24) is 0 Å². The molecule has 10 heteroatoms. The lowest BCUT2D eigenvalue weighted by molar-refractivity contribution is -0.433. The van der Waals surface area contributed by atoms with Crippen molar-refractivity contribution in [2.45, 2.75) is 37.0 Å². The van der Waals surface area contributed by atoms with E-state index in [-0.39, 0.29) is 6.10 Å². The molecule has 0 bridgehead atoms. The molecule has 0 amide bonds. The number of alkyl halides is 2. The number of halogens is 2. The molecule has 7 nitrogen and oxygen atoms in total. The van der Waals surface area contributed by atoms with E-state index in [0.29, 0.717) is 12.8 Å². The molecule has 1 aliphatic rings. The lowest BCUT2D eigenvalue weighted by Crippen LogP contribution is -2.30. The van der Waals surface area contributed by atoms with Gasteiger partial charge in [0.25, 0.3) is 0 Å². The highest BCUT2D eigenvalue weighted by atomic mass is 32.2. The number of rotatable bonds is 7. The highest BCUT2D eigenvalue weighted by Gasteiger charge is 2.44. The van der Waals surface area contributed by atoms with E-state index in [9.17, 15) is 18.4 Å². The zero-order valence-electron chi connectivity index (χ0n) is 9.67. The molecule has 1 N–H and O–H groups in total. The second-order valence-corrected chi connectivity index (χ2v) is 4.53. The quantitative estimate of drug-likeness (QED) is 0.329. The molecule has 1 fully saturated rings. The predicted molar refractivity (Wildman–Crippen MR) is 56.6 cm³/mol. The summed E-state index contributed by atoms with van der Waals surface area (Å²) in [6.45, 7) is -0.911. The molecular weight excluding hydrogens is 290 g/mol. The van der Waals surface area contributed by atoms with E-state index in [2.05, 4.69) is 14.1 Å². The Kier molecular flexibility index (Phi) is 6.42. The number of esters is 2. The minimum absolute atomic E-state index is 0.243. The Morgan fingerprint density at radius 3 is 2.53 bits per heavy atom. The Labute approximate surface area is 111 Å². The molecule has 19 heavy (non-hydrogen) atoms. The maximum atomic E-state index is 12.9. The lowest BCUT2D eigenvalue weighted by Gasteiger charge is -2.13. The topological polar surface area (TPSA) is 91.3 Å². The van der Waals surface area contributed by atoms with E-state index < -0.39 is 35.8 Å². The van der Waals surface area contributed by atoms with Gasteiger partial charge in [0.2, 0.25) is 0 Å². The van der Waals surface area contributed by atoms with Gasteiger partial charge in [-0.2, -0.15) is 8.78 Å². The first kappa shape index (κ1) is 16.1. The maximum Gasteiger partial charge on any atom is 0.415 e. The summed E-state index contributed by atoms with van der Waals surface area (Å²) in [6, 6.07) is 0. The Balaban J connectivity index is 2.26. The minimum atomic E-state index is -4.11. The summed E-state index contributed by atoms with van der Waals surface area (Å²) in [4.78, 5) is 22.1. The van der Waals surface area contributed by atoms with Crippen molar-refractivity contribution < 1.29 is 42.5 Å². The van der Waals surface area contributed by atoms with Crippen LogP contribution in [0.1, 0.15) is 25.7 Å². The van der Waals surface area contributed by atoms with Gasteiger partial charge < -0.3 is 9.47 Å². The van der Waals surface area contributed by atoms with Crippen molar-refractivity contribution in [3.63, 3.8) is 0 Å². The molecular formula is C9H12F2O7S. The van der Waals surface area contributed by atoms with Crippen molar-refractivity contribution in [1.29, 1.82) is 0 Å². The van der Waals surface area contributed by atoms with Gasteiger partial charge in [-0.1, -0.05) is 5.04 Å². The van der Waals surface area contributed by atoms with Crippen LogP contribution in [-0.4, -0.2) is 35.2 Å². The summed E-state index contributed by atoms with van der Waals surface area (Å²) in [5, 5.41) is 6.50. The average Bonchev–Trinajstić information content (AvgIpc) is 2.86. The van der Waals surface area contributed by atoms with Crippen LogP contribution in [-0.2, 0) is 28.4 Å². The van der Waals surface area contributed by atoms with E-state index in [0.717, 1.165) is 12.8 Å². The molecule has 0 unspecified atom stereocenters. The number of hydrogen-bond acceptors (Lipinski definition) is 8. The van der Waals surface area contributed by atoms with Crippen LogP contribution >= 0.6 is 12.0 Å². The normalized spacial score (nSPS) is 16.4. The van der Waals surface area contributed by atoms with Crippen LogP contribution in [0, 0.1) is 0 Å². The van der Waals surface area contributed by atoms with Crippen molar-refractivity contribution in [3.05, 3.63) is 0 Å². The summed E-state index contributed by atoms with van der Waals surface area (Å²) < 4.78 is 38.2. The highest BCUT2D eigenvalue weighted by molar-refractivity contribution is 7.96. The van der Waals surface area contributed by atoms with Gasteiger partial charge in [0, 0.05) is 0 Å². The van der Waals surface area contributed by atoms with Gasteiger partial charge in [-0.05, 0) is 25.7 Å². The summed E-state index contributed by atoms with van der Waals surface area (Å²) in [6.07, 6.45) is 3.06. The number of hydrogen-bond donors (Lipinski definition) is 1. The van der Waals surface area contributed by atoms with E-state index >= 15 is 0 Å². The van der Waals surface area contributed by atoms with Gasteiger partial charge in [0.1, 0.15) is 18.1 Å². The first-order valence-electron chi connectivity index (χ1n) is 5.36. The van der Waals surface area contributed by atoms with Gasteiger partial charge in [-0.25, -0.2) is 14.8 Å². The molecule has 110 valence electrons. The zero-order valence-corrected chi connectivity index (χ0v) is 10.5. The van der Waals surface area contributed by atoms with E-state index in [4.69, 9.17) is 9.99 Å². The fraction of sp³-hybridized carbons (Fsp3) is 0.778. The summed E-state index contributed by atoms with van der Waals surface area (Å²) in [5.41, 5.74) is 0. The van der Waals surface area contributed by atoms with E-state index in [1.165, 1.54) is 0 Å². The molecule has 0 saturated heterocycles. The van der Waals surface area contributed by atoms with Gasteiger partial charge in [-0.3, -0.25) is 0 Å². The Morgan fingerprint density at radius 2 is 1.95 bits per heavy atom. The van der Waals surface area contributed by atoms with Crippen molar-refractivity contribution in [2.24, 2.45) is 0 Å². The fourth-order valence-corrected chi connectivity index (χ4v) is 1.77. The van der Waals surface area contributed by atoms with Crippen LogP contribution in [0.25, 0.3) is 0 Å². The fourth-order valence-electron chi connectivity index (χ4n) is 1.53. The summed E-state index contributed by atoms with van der Waals surface area (Å²) in [7, 11) is 0. The Bertz CT molecular complexity index is 320. The summed E-state index contributed by atoms with van der Waals surface area (Å²) >= 11 is -0.761. The third-order valence-corrected chi connectivity index (χ3v) is 2.83. The van der Waals surface area contributed by atoms with Gasteiger partial charge in [0.05, 0.1) is 0 Å². The SMILES string of the molecule is O=C(COC(=O)C(F)(F)SOOO)OC1CCCC1. The Morgan fingerprint density at radius 1 is 1.32 bits per heavy atom. The van der Waals surface area contributed by atoms with Crippen molar-refractivity contribution in [3.8, 4) is 0 Å². The molecule has 0 aliphatic heterocycles. The third-order valence-electron chi connectivity index (χ3n) is 2.33. The average molecular weight is 302 g/mol. The van der Waals surface area contributed by atoms with Crippen molar-refractivity contribution in [2.75, 3.05) is 6.61 Å². The molecule has 0 heterocycles. The minimum Gasteiger partial charge on any atom is -0.460 e. The van der Waals surface area contributed by atoms with E-state index in [1.807, 2.05) is 0 Å². The highest BCUT2D eigenvalue weighted by Crippen LogP contribution is 2.31. The van der Waals surface area contributed by atoms with Crippen LogP contribution in [0.15, 0.2) is 0 Å². The first-order valence-corrected chi connectivity index (χ1v) is 6.10. The molecule has 0 aromatic heterocycles. The zero-order chi connectivity index (χ0) is 14.3. The molecule has 0 radical (unpaired) electrons. The van der Waals surface area contributed by atoms with Crippen molar-refractivity contribution >= 4 is 24.0 Å². The van der Waals surface area contributed by atoms with Crippen LogP contribution in [0.3, 0.4) is 0 Å². The molecule has 1 saturated carbocycles. The largest absolute Gasteiger partial charge is 0.460 e. The lowest BCUT2D eigenvalue weighted by atomic mass is 10.3. The van der Waals surface area contributed by atoms with Crippen LogP contribution in [0.5, 0.6) is 0 Å². The smallest absolute Gasteiger partial charge is 0.415 e. The summed E-state index contributed by atoms with van der Waals surface area (Å²) in [5.74, 6) is -2.89. The van der Waals surface area contributed by atoms with Gasteiger partial charge in [0.15, 0.2) is 6.61 Å². The van der Waals surface area contributed by atoms with Crippen LogP contribution in [0.2, 0.25) is 0 Å². The predicted octanol–water partition coefficient (Wildman–Crippen LogP) is 1.68. The molecule has 0 atom stereocenters. The first-order chi connectivity index (χ1) is 8.95. The number of carbonyl (C=O) groups excluding carboxylic acids is 2. The second-order valence-electron chi connectivity index (χ2n) is 3.72. The van der Waals surface area contributed by atoms with Gasteiger partial charge >= 0.3 is 17.2 Å².